The lowest BCUT2D eigenvalue weighted by atomic mass is 9.90. The number of nitrogens with one attached hydrogen (secondary N) is 1. The van der Waals surface area contributed by atoms with Crippen LogP contribution in [-0.4, -0.2) is 52.8 Å². The third-order valence-corrected chi connectivity index (χ3v) is 5.00. The highest BCUT2D eigenvalue weighted by Crippen LogP contribution is 2.41. The van der Waals surface area contributed by atoms with Crippen molar-refractivity contribution >= 4 is 34.7 Å². The van der Waals surface area contributed by atoms with E-state index in [1.807, 2.05) is 52.8 Å². The van der Waals surface area contributed by atoms with Crippen LogP contribution in [0, 0.1) is 0 Å². The predicted octanol–water partition coefficient (Wildman–Crippen LogP) is 2.85. The molecule has 0 radical (unpaired) electrons. The summed E-state index contributed by atoms with van der Waals surface area (Å²) in [5, 5.41) is 2.78. The number of carbonyl (C=O) groups excluding carboxylic acids is 1. The molecular formula is C16H24IN3O3. The monoisotopic (exact) mass is 433 g/mol. The minimum absolute atomic E-state index is 0.122. The number of aliphatic imine (C=N–C) groups is 1. The molecule has 0 aromatic carbocycles. The number of hydrogen-bond acceptors (Lipinski definition) is 5. The maximum Gasteiger partial charge on any atom is 0.407 e. The average Bonchev–Trinajstić information content (AvgIpc) is 2.73. The Labute approximate surface area is 151 Å². The van der Waals surface area contributed by atoms with E-state index in [0.29, 0.717) is 12.6 Å². The molecule has 1 heterocycles. The molecule has 0 saturated carbocycles. The zero-order chi connectivity index (χ0) is 17.4. The molecule has 2 aliphatic rings. The molecule has 1 aliphatic heterocycles. The summed E-state index contributed by atoms with van der Waals surface area (Å²) in [7, 11) is 3.81. The van der Waals surface area contributed by atoms with E-state index >= 15 is 0 Å². The lowest BCUT2D eigenvalue weighted by Crippen LogP contribution is -2.41. The van der Waals surface area contributed by atoms with Crippen LogP contribution in [0.4, 0.5) is 4.79 Å². The molecule has 23 heavy (non-hydrogen) atoms. The van der Waals surface area contributed by atoms with Crippen LogP contribution < -0.4 is 5.32 Å². The van der Waals surface area contributed by atoms with Crippen LogP contribution in [0.5, 0.6) is 0 Å². The number of carbonyl (C=O) groups is 1. The summed E-state index contributed by atoms with van der Waals surface area (Å²) in [6.45, 7) is 7.96. The standard InChI is InChI=1S/C16H24IN3O3/c1-15(2,3)23-14(21)18-9-10-7-11(17)16(4)12(8-10)19-13(22-16)20(5)6/h7-8,11H,9H2,1-6H3,(H,18,21). The van der Waals surface area contributed by atoms with E-state index < -0.39 is 17.3 Å². The fourth-order valence-corrected chi connectivity index (χ4v) is 3.12. The Hall–Kier alpha value is -1.25. The molecule has 1 aliphatic carbocycles. The van der Waals surface area contributed by atoms with Crippen molar-refractivity contribution in [2.24, 2.45) is 4.99 Å². The molecule has 6 nitrogen and oxygen atoms in total. The normalized spacial score (nSPS) is 26.4. The molecule has 7 heteroatoms. The Kier molecular flexibility index (Phi) is 4.98. The second-order valence-corrected chi connectivity index (χ2v) is 8.37. The van der Waals surface area contributed by atoms with E-state index in [1.54, 1.807) is 0 Å². The largest absolute Gasteiger partial charge is 0.451 e. The molecule has 0 saturated heterocycles. The van der Waals surface area contributed by atoms with Gasteiger partial charge in [-0.3, -0.25) is 0 Å². The van der Waals surface area contributed by atoms with Gasteiger partial charge in [-0.2, -0.15) is 4.99 Å². The zero-order valence-corrected chi connectivity index (χ0v) is 16.6. The predicted molar refractivity (Wildman–Crippen MR) is 98.8 cm³/mol. The molecule has 2 rings (SSSR count). The van der Waals surface area contributed by atoms with Crippen molar-refractivity contribution in [3.05, 3.63) is 23.4 Å². The second kappa shape index (κ2) is 6.33. The fourth-order valence-electron chi connectivity index (χ4n) is 2.21. The molecule has 0 bridgehead atoms. The maximum atomic E-state index is 11.8. The fraction of sp³-hybridized carbons (Fsp3) is 0.625. The number of halogens is 1. The highest BCUT2D eigenvalue weighted by molar-refractivity contribution is 14.1. The summed E-state index contributed by atoms with van der Waals surface area (Å²) >= 11 is 2.34. The minimum atomic E-state index is -0.502. The van der Waals surface area contributed by atoms with E-state index in [0.717, 1.165) is 11.3 Å². The minimum Gasteiger partial charge on any atom is -0.451 e. The van der Waals surface area contributed by atoms with Gasteiger partial charge in [0.15, 0.2) is 5.60 Å². The number of alkyl carbamates (subject to hydrolysis) is 1. The molecule has 1 amide bonds. The number of nitrogens with zero attached hydrogens (tertiary/aromatic N) is 2. The summed E-state index contributed by atoms with van der Waals surface area (Å²) in [6.07, 6.45) is 3.65. The first kappa shape index (κ1) is 18.1. The Morgan fingerprint density at radius 3 is 2.74 bits per heavy atom. The smallest absolute Gasteiger partial charge is 0.407 e. The van der Waals surface area contributed by atoms with Crippen LogP contribution in [0.25, 0.3) is 0 Å². The first-order chi connectivity index (χ1) is 10.5. The highest BCUT2D eigenvalue weighted by Gasteiger charge is 2.46. The number of fused-ring (bicyclic) bond motifs is 1. The lowest BCUT2D eigenvalue weighted by Gasteiger charge is -2.32. The molecule has 2 unspecified atom stereocenters. The van der Waals surface area contributed by atoms with Gasteiger partial charge in [-0.25, -0.2) is 4.79 Å². The van der Waals surface area contributed by atoms with Crippen molar-refractivity contribution in [3.8, 4) is 0 Å². The molecular weight excluding hydrogens is 409 g/mol. The van der Waals surface area contributed by atoms with Crippen LogP contribution >= 0.6 is 22.6 Å². The lowest BCUT2D eigenvalue weighted by molar-refractivity contribution is 0.0533. The van der Waals surface area contributed by atoms with Crippen LogP contribution in [0.15, 0.2) is 28.4 Å². The van der Waals surface area contributed by atoms with E-state index in [-0.39, 0.29) is 3.92 Å². The van der Waals surface area contributed by atoms with Gasteiger partial charge in [-0.15, -0.1) is 0 Å². The van der Waals surface area contributed by atoms with Gasteiger partial charge in [0, 0.05) is 20.6 Å². The third kappa shape index (κ3) is 4.19. The van der Waals surface area contributed by atoms with Crippen molar-refractivity contribution in [1.82, 2.24) is 10.2 Å². The van der Waals surface area contributed by atoms with Gasteiger partial charge in [0.1, 0.15) is 5.60 Å². The van der Waals surface area contributed by atoms with Gasteiger partial charge in [0.2, 0.25) is 0 Å². The van der Waals surface area contributed by atoms with Gasteiger partial charge in [0.05, 0.1) is 9.62 Å². The Balaban J connectivity index is 2.07. The number of ether oxygens (including phenoxy) is 2. The summed E-state index contributed by atoms with van der Waals surface area (Å²) in [5.41, 5.74) is 0.910. The summed E-state index contributed by atoms with van der Waals surface area (Å²) < 4.78 is 11.4. The first-order valence-corrected chi connectivity index (χ1v) is 8.74. The van der Waals surface area contributed by atoms with Gasteiger partial charge in [0.25, 0.3) is 6.02 Å². The number of hydrogen-bond donors (Lipinski definition) is 1. The molecule has 0 aromatic rings. The number of amidine groups is 1. The van der Waals surface area contributed by atoms with Crippen molar-refractivity contribution < 1.29 is 14.3 Å². The molecule has 1 N–H and O–H groups in total. The number of amides is 1. The van der Waals surface area contributed by atoms with Gasteiger partial charge in [-0.05, 0) is 39.3 Å². The van der Waals surface area contributed by atoms with Gasteiger partial charge in [-0.1, -0.05) is 28.7 Å². The van der Waals surface area contributed by atoms with Crippen molar-refractivity contribution in [2.45, 2.75) is 42.8 Å². The maximum absolute atomic E-state index is 11.8. The van der Waals surface area contributed by atoms with E-state index in [2.05, 4.69) is 39.0 Å². The quantitative estimate of drug-likeness (QED) is 0.538. The number of alkyl halides is 1. The SMILES string of the molecule is CN(C)C1=NC2=CC(CNC(=O)OC(C)(C)C)=CC(I)C2(C)O1. The van der Waals surface area contributed by atoms with Gasteiger partial charge >= 0.3 is 6.09 Å². The van der Waals surface area contributed by atoms with Crippen LogP contribution in [0.3, 0.4) is 0 Å². The summed E-state index contributed by atoms with van der Waals surface area (Å²) in [5.74, 6) is 0. The summed E-state index contributed by atoms with van der Waals surface area (Å²) in [6, 6.07) is 0.607. The van der Waals surface area contributed by atoms with Crippen LogP contribution in [0.1, 0.15) is 27.7 Å². The van der Waals surface area contributed by atoms with Crippen molar-refractivity contribution in [1.29, 1.82) is 0 Å². The second-order valence-electron chi connectivity index (χ2n) is 7.03. The Morgan fingerprint density at radius 1 is 1.52 bits per heavy atom. The van der Waals surface area contributed by atoms with E-state index in [1.165, 1.54) is 0 Å². The number of rotatable bonds is 2. The average molecular weight is 433 g/mol. The Morgan fingerprint density at radius 2 is 2.17 bits per heavy atom. The Bertz CT molecular complexity index is 590. The summed E-state index contributed by atoms with van der Waals surface area (Å²) in [4.78, 5) is 18.2. The topological polar surface area (TPSA) is 63.2 Å². The third-order valence-electron chi connectivity index (χ3n) is 3.46. The van der Waals surface area contributed by atoms with Crippen LogP contribution in [0.2, 0.25) is 0 Å². The van der Waals surface area contributed by atoms with Crippen molar-refractivity contribution in [2.75, 3.05) is 20.6 Å². The molecule has 0 aromatic heterocycles. The molecule has 0 fully saturated rings. The first-order valence-electron chi connectivity index (χ1n) is 7.50. The highest BCUT2D eigenvalue weighted by atomic mass is 127. The zero-order valence-electron chi connectivity index (χ0n) is 14.4. The van der Waals surface area contributed by atoms with Gasteiger partial charge < -0.3 is 19.7 Å². The van der Waals surface area contributed by atoms with Crippen LogP contribution in [-0.2, 0) is 9.47 Å². The van der Waals surface area contributed by atoms with E-state index in [9.17, 15) is 4.79 Å². The molecule has 128 valence electrons. The van der Waals surface area contributed by atoms with E-state index in [4.69, 9.17) is 9.47 Å². The van der Waals surface area contributed by atoms with Crippen molar-refractivity contribution in [3.63, 3.8) is 0 Å². The molecule has 0 spiro atoms. The molecule has 2 atom stereocenters.